The van der Waals surface area contributed by atoms with Gasteiger partial charge < -0.3 is 10.2 Å². The Hall–Kier alpha value is -1.09. The number of pyridine rings is 1. The van der Waals surface area contributed by atoms with Gasteiger partial charge in [-0.25, -0.2) is 4.98 Å². The average Bonchev–Trinajstić information content (AvgIpc) is 2.37. The molecule has 118 valence electrons. The molecule has 2 heterocycles. The number of rotatable bonds is 3. The number of anilines is 1. The second kappa shape index (κ2) is 5.96. The highest BCUT2D eigenvalue weighted by Gasteiger charge is 2.27. The van der Waals surface area contributed by atoms with Crippen molar-refractivity contribution in [2.45, 2.75) is 59.4 Å². The normalized spacial score (nSPS) is 18.9. The Balaban J connectivity index is 2.28. The first-order chi connectivity index (χ1) is 9.71. The average molecular weight is 289 g/mol. The van der Waals surface area contributed by atoms with E-state index in [9.17, 15) is 0 Å². The van der Waals surface area contributed by atoms with Crippen LogP contribution in [-0.2, 0) is 12.0 Å². The molecule has 0 aromatic carbocycles. The summed E-state index contributed by atoms with van der Waals surface area (Å²) in [7, 11) is 2.00. The topological polar surface area (TPSA) is 28.2 Å². The second-order valence-corrected chi connectivity index (χ2v) is 8.15. The number of nitrogens with zero attached hydrogens (tertiary/aromatic N) is 2. The van der Waals surface area contributed by atoms with E-state index in [1.807, 2.05) is 7.05 Å². The smallest absolute Gasteiger partial charge is 0.129 e. The van der Waals surface area contributed by atoms with Gasteiger partial charge in [-0.15, -0.1) is 0 Å². The molecular formula is C18H31N3. The minimum Gasteiger partial charge on any atom is -0.357 e. The van der Waals surface area contributed by atoms with Crippen LogP contribution in [0.2, 0.25) is 0 Å². The van der Waals surface area contributed by atoms with E-state index in [4.69, 9.17) is 4.98 Å². The van der Waals surface area contributed by atoms with E-state index >= 15 is 0 Å². The lowest BCUT2D eigenvalue weighted by Crippen LogP contribution is -2.38. The fourth-order valence-electron chi connectivity index (χ4n) is 2.76. The first-order valence-corrected chi connectivity index (χ1v) is 8.12. The van der Waals surface area contributed by atoms with Crippen LogP contribution in [0.5, 0.6) is 0 Å². The third-order valence-corrected chi connectivity index (χ3v) is 4.46. The molecule has 1 aliphatic heterocycles. The van der Waals surface area contributed by atoms with E-state index in [1.54, 1.807) is 0 Å². The summed E-state index contributed by atoms with van der Waals surface area (Å²) in [5.41, 5.74) is 3.09. The van der Waals surface area contributed by atoms with Gasteiger partial charge in [0.2, 0.25) is 0 Å². The fourth-order valence-corrected chi connectivity index (χ4v) is 2.76. The van der Waals surface area contributed by atoms with Crippen LogP contribution < -0.4 is 10.2 Å². The lowest BCUT2D eigenvalue weighted by Gasteiger charge is -2.38. The van der Waals surface area contributed by atoms with Gasteiger partial charge in [0.05, 0.1) is 0 Å². The van der Waals surface area contributed by atoms with Crippen LogP contribution in [-0.4, -0.2) is 25.1 Å². The molecule has 3 heteroatoms. The van der Waals surface area contributed by atoms with E-state index in [1.165, 1.54) is 24.1 Å². The third-order valence-electron chi connectivity index (χ3n) is 4.46. The molecule has 0 bridgehead atoms. The van der Waals surface area contributed by atoms with Crippen molar-refractivity contribution in [3.8, 4) is 0 Å². The van der Waals surface area contributed by atoms with E-state index < -0.39 is 0 Å². The van der Waals surface area contributed by atoms with Crippen molar-refractivity contribution in [3.63, 3.8) is 0 Å². The van der Waals surface area contributed by atoms with Crippen LogP contribution in [0.25, 0.3) is 0 Å². The lowest BCUT2D eigenvalue weighted by molar-refractivity contribution is 0.279. The van der Waals surface area contributed by atoms with E-state index in [0.29, 0.717) is 5.41 Å². The fraction of sp³-hybridized carbons (Fsp3) is 0.722. The van der Waals surface area contributed by atoms with Gasteiger partial charge in [0.15, 0.2) is 0 Å². The Morgan fingerprint density at radius 3 is 2.33 bits per heavy atom. The summed E-state index contributed by atoms with van der Waals surface area (Å²) in [4.78, 5) is 7.41. The Labute approximate surface area is 130 Å². The molecule has 1 fully saturated rings. The second-order valence-electron chi connectivity index (χ2n) is 8.15. The van der Waals surface area contributed by atoms with Crippen molar-refractivity contribution in [3.05, 3.63) is 23.4 Å². The summed E-state index contributed by atoms with van der Waals surface area (Å²) in [6, 6.07) is 4.50. The van der Waals surface area contributed by atoms with Gasteiger partial charge >= 0.3 is 0 Å². The van der Waals surface area contributed by atoms with Crippen molar-refractivity contribution in [1.82, 2.24) is 10.3 Å². The van der Waals surface area contributed by atoms with Crippen molar-refractivity contribution >= 4 is 5.82 Å². The summed E-state index contributed by atoms with van der Waals surface area (Å²) < 4.78 is 0. The van der Waals surface area contributed by atoms with Gasteiger partial charge in [0.25, 0.3) is 0 Å². The van der Waals surface area contributed by atoms with Gasteiger partial charge in [0, 0.05) is 30.7 Å². The van der Waals surface area contributed by atoms with Gasteiger partial charge in [-0.2, -0.15) is 0 Å². The van der Waals surface area contributed by atoms with E-state index in [2.05, 4.69) is 57.0 Å². The number of aromatic nitrogens is 1. The van der Waals surface area contributed by atoms with Crippen molar-refractivity contribution in [2.24, 2.45) is 5.41 Å². The van der Waals surface area contributed by atoms with Gasteiger partial charge in [-0.1, -0.05) is 34.6 Å². The zero-order valence-electron chi connectivity index (χ0n) is 14.6. The Kier molecular flexibility index (Phi) is 4.62. The largest absolute Gasteiger partial charge is 0.357 e. The molecule has 1 N–H and O–H groups in total. The summed E-state index contributed by atoms with van der Waals surface area (Å²) in [5, 5.41) is 3.26. The molecule has 21 heavy (non-hydrogen) atoms. The highest BCUT2D eigenvalue weighted by molar-refractivity contribution is 5.44. The van der Waals surface area contributed by atoms with Crippen LogP contribution in [0.3, 0.4) is 0 Å². The molecular weight excluding hydrogens is 258 g/mol. The van der Waals surface area contributed by atoms with E-state index in [0.717, 1.165) is 25.5 Å². The molecule has 1 saturated heterocycles. The molecule has 1 aliphatic rings. The van der Waals surface area contributed by atoms with Crippen LogP contribution in [0.15, 0.2) is 12.1 Å². The monoisotopic (exact) mass is 289 g/mol. The number of hydrogen-bond acceptors (Lipinski definition) is 3. The predicted octanol–water partition coefficient (Wildman–Crippen LogP) is 3.72. The minimum absolute atomic E-state index is 0.0908. The maximum atomic E-state index is 4.96. The molecule has 0 saturated carbocycles. The lowest BCUT2D eigenvalue weighted by atomic mass is 9.82. The number of nitrogens with one attached hydrogen (secondary N) is 1. The summed E-state index contributed by atoms with van der Waals surface area (Å²) in [6.45, 7) is 14.6. The van der Waals surface area contributed by atoms with Crippen molar-refractivity contribution < 1.29 is 0 Å². The van der Waals surface area contributed by atoms with Crippen molar-refractivity contribution in [1.29, 1.82) is 0 Å². The quantitative estimate of drug-likeness (QED) is 0.919. The van der Waals surface area contributed by atoms with Crippen LogP contribution in [0.4, 0.5) is 5.82 Å². The Morgan fingerprint density at radius 2 is 1.81 bits per heavy atom. The molecule has 0 aliphatic carbocycles. The molecule has 3 nitrogen and oxygen atoms in total. The van der Waals surface area contributed by atoms with Gasteiger partial charge in [0.1, 0.15) is 5.82 Å². The third kappa shape index (κ3) is 4.19. The molecule has 0 radical (unpaired) electrons. The van der Waals surface area contributed by atoms with Gasteiger partial charge in [-0.3, -0.25) is 0 Å². The molecule has 0 unspecified atom stereocenters. The number of piperidine rings is 1. The standard InChI is InChI=1S/C18H31N3/c1-17(2,3)15-11-14(13-19-6)12-16(20-15)21-9-7-18(4,5)8-10-21/h11-12,19H,7-10,13H2,1-6H3. The highest BCUT2D eigenvalue weighted by Crippen LogP contribution is 2.33. The molecule has 1 aromatic heterocycles. The Bertz CT molecular complexity index is 476. The molecule has 1 aromatic rings. The molecule has 2 rings (SSSR count). The molecule has 0 spiro atoms. The minimum atomic E-state index is 0.0908. The summed E-state index contributed by atoms with van der Waals surface area (Å²) in [5.74, 6) is 1.16. The zero-order valence-corrected chi connectivity index (χ0v) is 14.6. The van der Waals surface area contributed by atoms with E-state index in [-0.39, 0.29) is 5.41 Å². The first-order valence-electron chi connectivity index (χ1n) is 8.12. The maximum absolute atomic E-state index is 4.96. The molecule has 0 atom stereocenters. The first kappa shape index (κ1) is 16.3. The molecule has 0 amide bonds. The van der Waals surface area contributed by atoms with Crippen LogP contribution >= 0.6 is 0 Å². The highest BCUT2D eigenvalue weighted by atomic mass is 15.2. The van der Waals surface area contributed by atoms with Crippen LogP contribution in [0.1, 0.15) is 58.7 Å². The zero-order chi connectivity index (χ0) is 15.7. The van der Waals surface area contributed by atoms with Gasteiger partial charge in [-0.05, 0) is 43.0 Å². The summed E-state index contributed by atoms with van der Waals surface area (Å²) in [6.07, 6.45) is 2.49. The predicted molar refractivity (Wildman–Crippen MR) is 90.9 cm³/mol. The van der Waals surface area contributed by atoms with Crippen molar-refractivity contribution in [2.75, 3.05) is 25.0 Å². The SMILES string of the molecule is CNCc1cc(N2CCC(C)(C)CC2)nc(C(C)(C)C)c1. The summed E-state index contributed by atoms with van der Waals surface area (Å²) >= 11 is 0. The Morgan fingerprint density at radius 1 is 1.19 bits per heavy atom. The van der Waals surface area contributed by atoms with Crippen LogP contribution in [0, 0.1) is 5.41 Å². The maximum Gasteiger partial charge on any atom is 0.129 e. The number of hydrogen-bond donors (Lipinski definition) is 1.